The molecule has 0 saturated carbocycles. The lowest BCUT2D eigenvalue weighted by Crippen LogP contribution is -2.29. The van der Waals surface area contributed by atoms with Crippen LogP contribution in [-0.2, 0) is 26.4 Å². The smallest absolute Gasteiger partial charge is 0.329 e. The molecule has 3 aromatic heterocycles. The molecule has 10 nitrogen and oxygen atoms in total. The SMILES string of the molecule is CCN(CC)CCc1nc(CCn2cnc3c2c(=O)[nH]c(=O)n3C)no1. The third-order valence-electron chi connectivity index (χ3n) is 4.50. The number of aromatic nitrogens is 6. The van der Waals surface area contributed by atoms with Gasteiger partial charge in [0.25, 0.3) is 5.56 Å². The molecule has 0 fully saturated rings. The Morgan fingerprint density at radius 2 is 2.00 bits per heavy atom. The molecule has 1 N–H and O–H groups in total. The van der Waals surface area contributed by atoms with Crippen LogP contribution in [0.15, 0.2) is 20.4 Å². The fraction of sp³-hybridized carbons (Fsp3) is 0.562. The summed E-state index contributed by atoms with van der Waals surface area (Å²) in [6, 6.07) is 0. The Hall–Kier alpha value is -2.75. The Morgan fingerprint density at radius 3 is 2.73 bits per heavy atom. The maximum atomic E-state index is 12.1. The molecule has 3 aromatic rings. The first-order valence-corrected chi connectivity index (χ1v) is 8.71. The van der Waals surface area contributed by atoms with Crippen molar-refractivity contribution in [2.75, 3.05) is 19.6 Å². The van der Waals surface area contributed by atoms with Crippen LogP contribution in [0.4, 0.5) is 0 Å². The van der Waals surface area contributed by atoms with Crippen LogP contribution in [0.2, 0.25) is 0 Å². The predicted octanol–water partition coefficient (Wildman–Crippen LogP) is -0.0667. The number of nitrogens with zero attached hydrogens (tertiary/aromatic N) is 6. The van der Waals surface area contributed by atoms with Gasteiger partial charge in [-0.3, -0.25) is 14.3 Å². The summed E-state index contributed by atoms with van der Waals surface area (Å²) in [5.74, 6) is 1.20. The molecular weight excluding hydrogens is 338 g/mol. The van der Waals surface area contributed by atoms with Gasteiger partial charge in [0, 0.05) is 33.0 Å². The summed E-state index contributed by atoms with van der Waals surface area (Å²) in [6.07, 6.45) is 2.76. The fourth-order valence-corrected chi connectivity index (χ4v) is 2.86. The highest BCUT2D eigenvalue weighted by atomic mass is 16.5. The molecule has 26 heavy (non-hydrogen) atoms. The van der Waals surface area contributed by atoms with E-state index >= 15 is 0 Å². The first-order valence-electron chi connectivity index (χ1n) is 8.71. The van der Waals surface area contributed by atoms with Gasteiger partial charge < -0.3 is 14.0 Å². The summed E-state index contributed by atoms with van der Waals surface area (Å²) in [5, 5.41) is 4.00. The first-order chi connectivity index (χ1) is 12.5. The van der Waals surface area contributed by atoms with Crippen LogP contribution in [-0.4, -0.2) is 53.8 Å². The maximum absolute atomic E-state index is 12.1. The molecule has 0 aliphatic rings. The second kappa shape index (κ2) is 7.65. The van der Waals surface area contributed by atoms with Gasteiger partial charge in [-0.15, -0.1) is 0 Å². The van der Waals surface area contributed by atoms with Gasteiger partial charge in [-0.05, 0) is 13.1 Å². The summed E-state index contributed by atoms with van der Waals surface area (Å²) in [4.78, 5) is 36.8. The third kappa shape index (κ3) is 3.59. The van der Waals surface area contributed by atoms with Gasteiger partial charge in [0.05, 0.1) is 6.33 Å². The highest BCUT2D eigenvalue weighted by molar-refractivity contribution is 5.69. The highest BCUT2D eigenvalue weighted by Crippen LogP contribution is 2.07. The van der Waals surface area contributed by atoms with Crippen molar-refractivity contribution in [1.82, 2.24) is 34.1 Å². The van der Waals surface area contributed by atoms with E-state index in [-0.39, 0.29) is 0 Å². The number of hydrogen-bond acceptors (Lipinski definition) is 7. The van der Waals surface area contributed by atoms with Crippen molar-refractivity contribution in [1.29, 1.82) is 0 Å². The van der Waals surface area contributed by atoms with Gasteiger partial charge >= 0.3 is 5.69 Å². The summed E-state index contributed by atoms with van der Waals surface area (Å²) >= 11 is 0. The van der Waals surface area contributed by atoms with E-state index in [0.717, 1.165) is 19.6 Å². The van der Waals surface area contributed by atoms with Crippen molar-refractivity contribution < 1.29 is 4.52 Å². The molecule has 0 spiro atoms. The molecule has 3 heterocycles. The Morgan fingerprint density at radius 1 is 1.23 bits per heavy atom. The van der Waals surface area contributed by atoms with Crippen LogP contribution < -0.4 is 11.2 Å². The van der Waals surface area contributed by atoms with Gasteiger partial charge in [-0.25, -0.2) is 9.78 Å². The molecule has 140 valence electrons. The number of rotatable bonds is 8. The molecule has 0 atom stereocenters. The van der Waals surface area contributed by atoms with E-state index in [9.17, 15) is 9.59 Å². The van der Waals surface area contributed by atoms with Gasteiger partial charge in [-0.1, -0.05) is 19.0 Å². The molecule has 10 heteroatoms. The molecule has 0 saturated heterocycles. The lowest BCUT2D eigenvalue weighted by atomic mass is 10.3. The predicted molar refractivity (Wildman–Crippen MR) is 95.1 cm³/mol. The van der Waals surface area contributed by atoms with Crippen LogP contribution in [0, 0.1) is 0 Å². The van der Waals surface area contributed by atoms with Gasteiger partial charge in [-0.2, -0.15) is 4.98 Å². The van der Waals surface area contributed by atoms with Crippen molar-refractivity contribution in [3.8, 4) is 0 Å². The number of hydrogen-bond donors (Lipinski definition) is 1. The number of H-pyrrole nitrogens is 1. The zero-order valence-electron chi connectivity index (χ0n) is 15.2. The Bertz CT molecular complexity index is 993. The zero-order chi connectivity index (χ0) is 18.7. The Labute approximate surface area is 149 Å². The molecule has 0 aromatic carbocycles. The number of aryl methyl sites for hydroxylation is 3. The molecule has 0 radical (unpaired) electrons. The summed E-state index contributed by atoms with van der Waals surface area (Å²) in [7, 11) is 1.57. The van der Waals surface area contributed by atoms with E-state index in [2.05, 4.69) is 38.9 Å². The van der Waals surface area contributed by atoms with E-state index < -0.39 is 11.2 Å². The molecular formula is C16H23N7O3. The number of fused-ring (bicyclic) bond motifs is 1. The van der Waals surface area contributed by atoms with Crippen LogP contribution >= 0.6 is 0 Å². The lowest BCUT2D eigenvalue weighted by molar-refractivity contribution is 0.286. The van der Waals surface area contributed by atoms with Crippen molar-refractivity contribution in [2.45, 2.75) is 33.2 Å². The van der Waals surface area contributed by atoms with Crippen molar-refractivity contribution >= 4 is 11.2 Å². The number of imidazole rings is 1. The first kappa shape index (κ1) is 18.1. The Balaban J connectivity index is 1.69. The largest absolute Gasteiger partial charge is 0.339 e. The normalized spacial score (nSPS) is 11.7. The van der Waals surface area contributed by atoms with Gasteiger partial charge in [0.15, 0.2) is 17.0 Å². The zero-order valence-corrected chi connectivity index (χ0v) is 15.2. The second-order valence-electron chi connectivity index (χ2n) is 6.06. The van der Waals surface area contributed by atoms with E-state index in [1.807, 2.05) is 0 Å². The van der Waals surface area contributed by atoms with Crippen LogP contribution in [0.5, 0.6) is 0 Å². The fourth-order valence-electron chi connectivity index (χ4n) is 2.86. The number of nitrogens with one attached hydrogen (secondary N) is 1. The topological polar surface area (TPSA) is 115 Å². The second-order valence-corrected chi connectivity index (χ2v) is 6.06. The van der Waals surface area contributed by atoms with E-state index in [4.69, 9.17) is 4.52 Å². The van der Waals surface area contributed by atoms with Gasteiger partial charge in [0.1, 0.15) is 0 Å². The number of aromatic amines is 1. The lowest BCUT2D eigenvalue weighted by Gasteiger charge is -2.15. The van der Waals surface area contributed by atoms with Crippen molar-refractivity contribution in [2.24, 2.45) is 7.05 Å². The minimum absolute atomic E-state index is 0.353. The molecule has 0 bridgehead atoms. The third-order valence-corrected chi connectivity index (χ3v) is 4.50. The standard InChI is InChI=1S/C16H23N7O3/c1-4-22(5-2)8-7-12-18-11(20-26-12)6-9-23-10-17-14-13(23)15(24)19-16(25)21(14)3/h10H,4-9H2,1-3H3,(H,19,24,25). The van der Waals surface area contributed by atoms with Crippen molar-refractivity contribution in [3.63, 3.8) is 0 Å². The summed E-state index contributed by atoms with van der Waals surface area (Å²) in [6.45, 7) is 7.56. The number of likely N-dealkylation sites (N-methyl/N-ethyl adjacent to an activating group) is 1. The minimum Gasteiger partial charge on any atom is -0.339 e. The molecule has 0 aliphatic heterocycles. The highest BCUT2D eigenvalue weighted by Gasteiger charge is 2.13. The molecule has 0 amide bonds. The van der Waals surface area contributed by atoms with Gasteiger partial charge in [0.2, 0.25) is 5.89 Å². The monoisotopic (exact) mass is 361 g/mol. The van der Waals surface area contributed by atoms with Crippen LogP contribution in [0.25, 0.3) is 11.2 Å². The van der Waals surface area contributed by atoms with E-state index in [1.54, 1.807) is 17.9 Å². The molecule has 3 rings (SSSR count). The van der Waals surface area contributed by atoms with E-state index in [1.165, 1.54) is 4.57 Å². The van der Waals surface area contributed by atoms with E-state index in [0.29, 0.717) is 42.3 Å². The van der Waals surface area contributed by atoms with Crippen LogP contribution in [0.1, 0.15) is 25.6 Å². The quantitative estimate of drug-likeness (QED) is 0.597. The summed E-state index contributed by atoms with van der Waals surface area (Å²) in [5.41, 5.74) is -0.221. The summed E-state index contributed by atoms with van der Waals surface area (Å²) < 4.78 is 8.30. The Kier molecular flexibility index (Phi) is 5.31. The maximum Gasteiger partial charge on any atom is 0.329 e. The average molecular weight is 361 g/mol. The molecule has 0 unspecified atom stereocenters. The minimum atomic E-state index is -0.483. The average Bonchev–Trinajstić information content (AvgIpc) is 3.26. The molecule has 0 aliphatic carbocycles. The van der Waals surface area contributed by atoms with Crippen LogP contribution in [0.3, 0.4) is 0 Å². The van der Waals surface area contributed by atoms with Crippen molar-refractivity contribution in [3.05, 3.63) is 38.9 Å².